The Balaban J connectivity index is 2.09. The van der Waals surface area contributed by atoms with Crippen molar-refractivity contribution in [3.63, 3.8) is 0 Å². The molecule has 4 nitrogen and oxygen atoms in total. The maximum atomic E-state index is 9.87. The molecular weight excluding hydrogens is 412 g/mol. The third-order valence-corrected chi connectivity index (χ3v) is 5.19. The molecule has 1 heterocycles. The van der Waals surface area contributed by atoms with Gasteiger partial charge in [0.1, 0.15) is 11.1 Å². The van der Waals surface area contributed by atoms with E-state index >= 15 is 0 Å². The smallest absolute Gasteiger partial charge is 0.172 e. The van der Waals surface area contributed by atoms with Crippen LogP contribution >= 0.6 is 38.9 Å². The number of rotatable bonds is 3. The van der Waals surface area contributed by atoms with Gasteiger partial charge >= 0.3 is 0 Å². The summed E-state index contributed by atoms with van der Waals surface area (Å²) in [6.45, 7) is 0. The zero-order chi connectivity index (χ0) is 17.3. The lowest BCUT2D eigenvalue weighted by Gasteiger charge is -2.06. The van der Waals surface area contributed by atoms with Gasteiger partial charge in [0.25, 0.3) is 0 Å². The molecule has 0 saturated heterocycles. The lowest BCUT2D eigenvalue weighted by molar-refractivity contribution is 0.372. The number of hydrogen-bond donors (Lipinski definition) is 1. The summed E-state index contributed by atoms with van der Waals surface area (Å²) in [4.78, 5) is 4.47. The lowest BCUT2D eigenvalue weighted by Crippen LogP contribution is -1.87. The number of halogens is 2. The van der Waals surface area contributed by atoms with Crippen LogP contribution in [0.3, 0.4) is 0 Å². The molecule has 7 heteroatoms. The lowest BCUT2D eigenvalue weighted by atomic mass is 10.1. The Morgan fingerprint density at radius 3 is 2.92 bits per heavy atom. The number of aromatic hydroxyl groups is 1. The van der Waals surface area contributed by atoms with E-state index in [1.165, 1.54) is 18.4 Å². The predicted octanol–water partition coefficient (Wildman–Crippen LogP) is 5.49. The first-order valence-corrected chi connectivity index (χ1v) is 8.75. The molecule has 0 aliphatic heterocycles. The van der Waals surface area contributed by atoms with Gasteiger partial charge in [0, 0.05) is 5.02 Å². The monoisotopic (exact) mass is 420 g/mol. The molecular formula is C17H10BrClN2O2S. The number of aromatic nitrogens is 1. The van der Waals surface area contributed by atoms with Crippen LogP contribution in [0.1, 0.15) is 10.6 Å². The number of methoxy groups -OCH3 is 1. The molecule has 120 valence electrons. The maximum absolute atomic E-state index is 9.87. The van der Waals surface area contributed by atoms with E-state index in [0.29, 0.717) is 31.4 Å². The van der Waals surface area contributed by atoms with E-state index in [-0.39, 0.29) is 5.75 Å². The van der Waals surface area contributed by atoms with Crippen molar-refractivity contribution in [3.8, 4) is 17.6 Å². The standard InChI is InChI=1S/C17H10BrClN2O2S/c1-23-14-6-9(5-12(18)16(14)22)4-10(8-20)17-21-13-7-11(19)2-3-15(13)24-17/h2-7,22H,1H3/b10-4+. The second-order valence-corrected chi connectivity index (χ2v) is 7.18. The van der Waals surface area contributed by atoms with Gasteiger partial charge in [-0.1, -0.05) is 11.6 Å². The van der Waals surface area contributed by atoms with Crippen molar-refractivity contribution in [1.82, 2.24) is 4.98 Å². The van der Waals surface area contributed by atoms with Gasteiger partial charge in [0.2, 0.25) is 0 Å². The highest BCUT2D eigenvalue weighted by molar-refractivity contribution is 9.10. The Bertz CT molecular complexity index is 1010. The number of phenolic OH excluding ortho intramolecular Hbond substituents is 1. The molecule has 0 bridgehead atoms. The minimum atomic E-state index is 0.0165. The van der Waals surface area contributed by atoms with Crippen LogP contribution in [0, 0.1) is 11.3 Å². The first-order chi connectivity index (χ1) is 11.5. The average molecular weight is 422 g/mol. The quantitative estimate of drug-likeness (QED) is 0.568. The Kier molecular flexibility index (Phi) is 4.76. The number of allylic oxidation sites excluding steroid dienone is 1. The maximum Gasteiger partial charge on any atom is 0.172 e. The van der Waals surface area contributed by atoms with Gasteiger partial charge in [0.15, 0.2) is 11.5 Å². The molecule has 1 N–H and O–H groups in total. The largest absolute Gasteiger partial charge is 0.503 e. The van der Waals surface area contributed by atoms with E-state index < -0.39 is 0 Å². The molecule has 2 aromatic carbocycles. The van der Waals surface area contributed by atoms with Crippen LogP contribution in [0.5, 0.6) is 11.5 Å². The fraction of sp³-hybridized carbons (Fsp3) is 0.0588. The summed E-state index contributed by atoms with van der Waals surface area (Å²) in [6, 6.07) is 11.0. The van der Waals surface area contributed by atoms with Crippen molar-refractivity contribution in [3.05, 3.63) is 50.4 Å². The third kappa shape index (κ3) is 3.24. The average Bonchev–Trinajstić information content (AvgIpc) is 2.98. The zero-order valence-corrected chi connectivity index (χ0v) is 15.5. The summed E-state index contributed by atoms with van der Waals surface area (Å²) < 4.78 is 6.57. The summed E-state index contributed by atoms with van der Waals surface area (Å²) >= 11 is 10.7. The highest BCUT2D eigenvalue weighted by Gasteiger charge is 2.12. The van der Waals surface area contributed by atoms with Gasteiger partial charge in [0.05, 0.1) is 27.4 Å². The first kappa shape index (κ1) is 16.8. The van der Waals surface area contributed by atoms with Gasteiger partial charge < -0.3 is 9.84 Å². The number of thiazole rings is 1. The van der Waals surface area contributed by atoms with E-state index in [0.717, 1.165) is 10.2 Å². The SMILES string of the molecule is COc1cc(/C=C(\C#N)c2nc3cc(Cl)ccc3s2)cc(Br)c1O. The van der Waals surface area contributed by atoms with Gasteiger partial charge in [-0.3, -0.25) is 0 Å². The molecule has 3 aromatic rings. The van der Waals surface area contributed by atoms with Crippen LogP contribution < -0.4 is 4.74 Å². The number of benzene rings is 2. The summed E-state index contributed by atoms with van der Waals surface area (Å²) in [5.41, 5.74) is 1.89. The van der Waals surface area contributed by atoms with Gasteiger partial charge in [-0.05, 0) is 57.9 Å². The van der Waals surface area contributed by atoms with Crippen molar-refractivity contribution in [2.45, 2.75) is 0 Å². The Morgan fingerprint density at radius 1 is 1.42 bits per heavy atom. The molecule has 0 aliphatic carbocycles. The summed E-state index contributed by atoms with van der Waals surface area (Å²) in [5.74, 6) is 0.340. The second kappa shape index (κ2) is 6.81. The molecule has 0 aliphatic rings. The van der Waals surface area contributed by atoms with Crippen molar-refractivity contribution >= 4 is 60.7 Å². The fourth-order valence-electron chi connectivity index (χ4n) is 2.16. The Morgan fingerprint density at radius 2 is 2.21 bits per heavy atom. The molecule has 0 fully saturated rings. The molecule has 24 heavy (non-hydrogen) atoms. The van der Waals surface area contributed by atoms with Crippen molar-refractivity contribution in [1.29, 1.82) is 5.26 Å². The first-order valence-electron chi connectivity index (χ1n) is 6.76. The van der Waals surface area contributed by atoms with Crippen LogP contribution in [-0.2, 0) is 0 Å². The number of ether oxygens (including phenoxy) is 1. The fourth-order valence-corrected chi connectivity index (χ4v) is 3.70. The number of nitriles is 1. The number of phenols is 1. The summed E-state index contributed by atoms with van der Waals surface area (Å²) in [5, 5.41) is 20.6. The van der Waals surface area contributed by atoms with Crippen LogP contribution in [0.4, 0.5) is 0 Å². The highest BCUT2D eigenvalue weighted by Crippen LogP contribution is 2.37. The van der Waals surface area contributed by atoms with E-state index in [1.807, 2.05) is 6.07 Å². The topological polar surface area (TPSA) is 66.1 Å². The third-order valence-electron chi connectivity index (χ3n) is 3.28. The van der Waals surface area contributed by atoms with Crippen molar-refractivity contribution in [2.75, 3.05) is 7.11 Å². The molecule has 0 saturated carbocycles. The van der Waals surface area contributed by atoms with Gasteiger partial charge in [-0.15, -0.1) is 11.3 Å². The molecule has 0 amide bonds. The van der Waals surface area contributed by atoms with Crippen LogP contribution in [0.15, 0.2) is 34.8 Å². The summed E-state index contributed by atoms with van der Waals surface area (Å²) in [6.07, 6.45) is 1.70. The van der Waals surface area contributed by atoms with E-state index in [1.54, 1.807) is 30.3 Å². The number of fused-ring (bicyclic) bond motifs is 1. The van der Waals surface area contributed by atoms with Crippen LogP contribution in [-0.4, -0.2) is 17.2 Å². The molecule has 0 radical (unpaired) electrons. The Hall–Kier alpha value is -2.07. The molecule has 0 spiro atoms. The predicted molar refractivity (Wildman–Crippen MR) is 100 cm³/mol. The molecule has 1 aromatic heterocycles. The van der Waals surface area contributed by atoms with Crippen molar-refractivity contribution < 1.29 is 9.84 Å². The van der Waals surface area contributed by atoms with E-state index in [9.17, 15) is 10.4 Å². The highest BCUT2D eigenvalue weighted by atomic mass is 79.9. The number of nitrogens with zero attached hydrogens (tertiary/aromatic N) is 2. The van der Waals surface area contributed by atoms with E-state index in [4.69, 9.17) is 16.3 Å². The van der Waals surface area contributed by atoms with E-state index in [2.05, 4.69) is 27.0 Å². The molecule has 0 unspecified atom stereocenters. The van der Waals surface area contributed by atoms with Crippen LogP contribution in [0.25, 0.3) is 21.9 Å². The van der Waals surface area contributed by atoms with Crippen molar-refractivity contribution in [2.24, 2.45) is 0 Å². The Labute approximate surface area is 155 Å². The summed E-state index contributed by atoms with van der Waals surface area (Å²) in [7, 11) is 1.47. The zero-order valence-electron chi connectivity index (χ0n) is 12.4. The number of hydrogen-bond acceptors (Lipinski definition) is 5. The minimum absolute atomic E-state index is 0.0165. The van der Waals surface area contributed by atoms with Gasteiger partial charge in [-0.2, -0.15) is 5.26 Å². The van der Waals surface area contributed by atoms with Gasteiger partial charge in [-0.25, -0.2) is 4.98 Å². The second-order valence-electron chi connectivity index (χ2n) is 4.85. The molecule has 0 atom stereocenters. The molecule has 3 rings (SSSR count). The normalized spacial score (nSPS) is 11.5. The van der Waals surface area contributed by atoms with Crippen LogP contribution in [0.2, 0.25) is 5.02 Å². The minimum Gasteiger partial charge on any atom is -0.503 e.